The zero-order valence-electron chi connectivity index (χ0n) is 18.5. The summed E-state index contributed by atoms with van der Waals surface area (Å²) in [5, 5.41) is 5.23. The third kappa shape index (κ3) is 3.95. The Labute approximate surface area is 192 Å². The Kier molecular flexibility index (Phi) is 5.55. The van der Waals surface area contributed by atoms with Crippen LogP contribution in [0.4, 0.5) is 0 Å². The van der Waals surface area contributed by atoms with Gasteiger partial charge in [-0.25, -0.2) is 27.4 Å². The maximum atomic E-state index is 11.8. The highest BCUT2D eigenvalue weighted by Crippen LogP contribution is 2.42. The molecule has 8 nitrogen and oxygen atoms in total. The molecule has 0 atom stereocenters. The number of sulfonamides is 1. The Hall–Kier alpha value is -2.30. The van der Waals surface area contributed by atoms with Crippen LogP contribution in [0.1, 0.15) is 49.1 Å². The van der Waals surface area contributed by atoms with E-state index >= 15 is 0 Å². The molecule has 0 saturated carbocycles. The zero-order valence-corrected chi connectivity index (χ0v) is 20.1. The van der Waals surface area contributed by atoms with E-state index in [-0.39, 0.29) is 6.04 Å². The first-order valence-corrected chi connectivity index (χ1v) is 13.6. The second-order valence-electron chi connectivity index (χ2n) is 8.70. The number of hydrogen-bond acceptors (Lipinski definition) is 7. The van der Waals surface area contributed by atoms with Crippen molar-refractivity contribution in [2.75, 3.05) is 26.0 Å². The normalized spacial score (nSPS) is 17.6. The summed E-state index contributed by atoms with van der Waals surface area (Å²) in [6.45, 7) is 5.91. The molecule has 0 N–H and O–H groups in total. The number of ether oxygens (including phenoxy) is 1. The molecule has 170 valence electrons. The first-order valence-electron chi connectivity index (χ1n) is 10.9. The SMILES string of the molecule is CC(C)n1ncnc1-c1nc2c(s1)CCOc1cc(C3CCN(S(C)(=O)=O)CC3)ccc1-2. The minimum Gasteiger partial charge on any atom is -0.492 e. The third-order valence-corrected chi connectivity index (χ3v) is 8.61. The van der Waals surface area contributed by atoms with E-state index < -0.39 is 10.0 Å². The van der Waals surface area contributed by atoms with Gasteiger partial charge in [0.05, 0.1) is 18.6 Å². The average molecular weight is 474 g/mol. The van der Waals surface area contributed by atoms with Crippen LogP contribution >= 0.6 is 11.3 Å². The summed E-state index contributed by atoms with van der Waals surface area (Å²) in [6, 6.07) is 6.59. The van der Waals surface area contributed by atoms with Gasteiger partial charge in [-0.2, -0.15) is 5.10 Å². The fraction of sp³-hybridized carbons (Fsp3) is 0.500. The molecule has 2 aromatic heterocycles. The maximum absolute atomic E-state index is 11.8. The molecule has 0 radical (unpaired) electrons. The molecule has 0 unspecified atom stereocenters. The van der Waals surface area contributed by atoms with Gasteiger partial charge < -0.3 is 4.74 Å². The van der Waals surface area contributed by atoms with Crippen molar-refractivity contribution in [2.24, 2.45) is 0 Å². The predicted octanol–water partition coefficient (Wildman–Crippen LogP) is 3.72. The van der Waals surface area contributed by atoms with Crippen molar-refractivity contribution in [1.29, 1.82) is 0 Å². The van der Waals surface area contributed by atoms with Gasteiger partial charge in [0, 0.05) is 36.0 Å². The lowest BCUT2D eigenvalue weighted by Crippen LogP contribution is -2.37. The van der Waals surface area contributed by atoms with E-state index in [0.29, 0.717) is 25.6 Å². The molecule has 1 fully saturated rings. The van der Waals surface area contributed by atoms with Gasteiger partial charge in [0.1, 0.15) is 12.1 Å². The summed E-state index contributed by atoms with van der Waals surface area (Å²) in [4.78, 5) is 10.6. The lowest BCUT2D eigenvalue weighted by atomic mass is 9.89. The molecule has 1 saturated heterocycles. The zero-order chi connectivity index (χ0) is 22.5. The van der Waals surface area contributed by atoms with Gasteiger partial charge in [-0.05, 0) is 50.3 Å². The van der Waals surface area contributed by atoms with E-state index in [0.717, 1.165) is 47.1 Å². The largest absolute Gasteiger partial charge is 0.492 e. The van der Waals surface area contributed by atoms with Gasteiger partial charge in [0.15, 0.2) is 10.8 Å². The second kappa shape index (κ2) is 8.24. The third-order valence-electron chi connectivity index (χ3n) is 6.19. The summed E-state index contributed by atoms with van der Waals surface area (Å²) in [5.41, 5.74) is 3.18. The van der Waals surface area contributed by atoms with Gasteiger partial charge >= 0.3 is 0 Å². The van der Waals surface area contributed by atoms with Gasteiger partial charge in [0.25, 0.3) is 0 Å². The van der Waals surface area contributed by atoms with Gasteiger partial charge in [-0.15, -0.1) is 11.3 Å². The number of rotatable bonds is 4. The van der Waals surface area contributed by atoms with Crippen molar-refractivity contribution in [3.8, 4) is 27.8 Å². The van der Waals surface area contributed by atoms with Gasteiger partial charge in [0.2, 0.25) is 10.0 Å². The molecule has 1 aromatic carbocycles. The number of aromatic nitrogens is 4. The van der Waals surface area contributed by atoms with Crippen molar-refractivity contribution in [3.05, 3.63) is 35.0 Å². The molecule has 32 heavy (non-hydrogen) atoms. The van der Waals surface area contributed by atoms with Crippen LogP contribution in [0.2, 0.25) is 0 Å². The topological polar surface area (TPSA) is 90.2 Å². The van der Waals surface area contributed by atoms with E-state index in [1.165, 1.54) is 16.7 Å². The lowest BCUT2D eigenvalue weighted by molar-refractivity contribution is 0.316. The second-order valence-corrected chi connectivity index (χ2v) is 11.8. The molecule has 10 heteroatoms. The summed E-state index contributed by atoms with van der Waals surface area (Å²) in [6.07, 6.45) is 5.32. The quantitative estimate of drug-likeness (QED) is 0.574. The van der Waals surface area contributed by atoms with Crippen LogP contribution in [-0.2, 0) is 16.4 Å². The smallest absolute Gasteiger partial charge is 0.211 e. The standard InChI is InChI=1S/C22H27N5O3S2/c1-14(2)27-21(23-13-24-27)22-25-20-17-5-4-16(12-18(17)30-11-8-19(20)31-22)15-6-9-26(10-7-15)32(3,28)29/h4-5,12-15H,6-11H2,1-3H3. The fourth-order valence-corrected chi connectivity index (χ4v) is 6.41. The number of thiazole rings is 1. The number of hydrogen-bond donors (Lipinski definition) is 0. The Morgan fingerprint density at radius 3 is 2.72 bits per heavy atom. The summed E-state index contributed by atoms with van der Waals surface area (Å²) in [7, 11) is -3.12. The molecule has 2 aliphatic rings. The summed E-state index contributed by atoms with van der Waals surface area (Å²) >= 11 is 1.66. The molecule has 0 aliphatic carbocycles. The minimum atomic E-state index is -3.12. The van der Waals surface area contributed by atoms with Crippen molar-refractivity contribution >= 4 is 21.4 Å². The first-order chi connectivity index (χ1) is 15.3. The van der Waals surface area contributed by atoms with Gasteiger partial charge in [-0.3, -0.25) is 0 Å². The van der Waals surface area contributed by atoms with Crippen molar-refractivity contribution < 1.29 is 13.2 Å². The van der Waals surface area contributed by atoms with E-state index in [1.54, 1.807) is 22.0 Å². The Balaban J connectivity index is 1.44. The lowest BCUT2D eigenvalue weighted by Gasteiger charge is -2.30. The van der Waals surface area contributed by atoms with E-state index in [4.69, 9.17) is 9.72 Å². The highest BCUT2D eigenvalue weighted by molar-refractivity contribution is 7.88. The molecule has 0 spiro atoms. The number of fused-ring (bicyclic) bond motifs is 3. The van der Waals surface area contributed by atoms with Crippen LogP contribution in [0.5, 0.6) is 5.75 Å². The van der Waals surface area contributed by atoms with Gasteiger partial charge in [-0.1, -0.05) is 6.07 Å². The monoisotopic (exact) mass is 473 g/mol. The Bertz CT molecular complexity index is 1240. The van der Waals surface area contributed by atoms with Crippen LogP contribution in [0, 0.1) is 0 Å². The Morgan fingerprint density at radius 2 is 2.00 bits per heavy atom. The average Bonchev–Trinajstić information content (AvgIpc) is 3.37. The van der Waals surface area contributed by atoms with Crippen LogP contribution in [0.3, 0.4) is 0 Å². The van der Waals surface area contributed by atoms with Crippen LogP contribution < -0.4 is 4.74 Å². The maximum Gasteiger partial charge on any atom is 0.211 e. The Morgan fingerprint density at radius 1 is 1.22 bits per heavy atom. The van der Waals surface area contributed by atoms with E-state index in [2.05, 4.69) is 42.1 Å². The minimum absolute atomic E-state index is 0.212. The van der Waals surface area contributed by atoms with Crippen LogP contribution in [0.25, 0.3) is 22.1 Å². The van der Waals surface area contributed by atoms with Crippen molar-refractivity contribution in [1.82, 2.24) is 24.1 Å². The molecule has 3 aromatic rings. The number of nitrogens with zero attached hydrogens (tertiary/aromatic N) is 5. The molecule has 2 aliphatic heterocycles. The van der Waals surface area contributed by atoms with Crippen molar-refractivity contribution in [3.63, 3.8) is 0 Å². The molecular formula is C22H27N5O3S2. The van der Waals surface area contributed by atoms with Crippen molar-refractivity contribution in [2.45, 2.75) is 45.1 Å². The van der Waals surface area contributed by atoms with E-state index in [1.807, 2.05) is 4.68 Å². The van der Waals surface area contributed by atoms with Crippen LogP contribution in [-0.4, -0.2) is 58.4 Å². The fourth-order valence-electron chi connectivity index (χ4n) is 4.49. The molecule has 0 amide bonds. The molecule has 5 rings (SSSR count). The first kappa shape index (κ1) is 21.5. The number of benzene rings is 1. The van der Waals surface area contributed by atoms with E-state index in [9.17, 15) is 8.42 Å². The molecule has 4 heterocycles. The highest BCUT2D eigenvalue weighted by atomic mass is 32.2. The molecule has 0 bridgehead atoms. The van der Waals surface area contributed by atoms with Crippen LogP contribution in [0.15, 0.2) is 24.5 Å². The summed E-state index contributed by atoms with van der Waals surface area (Å²) in [5.74, 6) is 1.99. The number of piperidine rings is 1. The highest BCUT2D eigenvalue weighted by Gasteiger charge is 2.28. The predicted molar refractivity (Wildman–Crippen MR) is 125 cm³/mol. The summed E-state index contributed by atoms with van der Waals surface area (Å²) < 4.78 is 33.2. The molecular weight excluding hydrogens is 446 g/mol.